The van der Waals surface area contributed by atoms with Crippen LogP contribution in [0.3, 0.4) is 0 Å². The van der Waals surface area contributed by atoms with E-state index in [9.17, 15) is 4.79 Å². The van der Waals surface area contributed by atoms with Crippen molar-refractivity contribution in [3.05, 3.63) is 35.9 Å². The van der Waals surface area contributed by atoms with Crippen LogP contribution >= 0.6 is 0 Å². The van der Waals surface area contributed by atoms with Gasteiger partial charge in [0.2, 0.25) is 0 Å². The summed E-state index contributed by atoms with van der Waals surface area (Å²) in [4.78, 5) is 14.2. The Labute approximate surface area is 197 Å². The van der Waals surface area contributed by atoms with E-state index in [-0.39, 0.29) is 6.09 Å². The quantitative estimate of drug-likeness (QED) is 0.199. The van der Waals surface area contributed by atoms with Crippen LogP contribution < -0.4 is 0 Å². The van der Waals surface area contributed by atoms with Crippen molar-refractivity contribution in [2.24, 2.45) is 0 Å². The van der Waals surface area contributed by atoms with E-state index >= 15 is 0 Å². The highest BCUT2D eigenvalue weighted by Crippen LogP contribution is 2.16. The normalized spacial score (nSPS) is 15.6. The molecule has 0 bridgehead atoms. The van der Waals surface area contributed by atoms with Gasteiger partial charge in [0.05, 0.1) is 39.8 Å². The van der Waals surface area contributed by atoms with Gasteiger partial charge in [-0.05, 0) is 18.4 Å². The first kappa shape index (κ1) is 26.7. The summed E-state index contributed by atoms with van der Waals surface area (Å²) in [5, 5.41) is 0. The Morgan fingerprint density at radius 3 is 1.84 bits per heavy atom. The Hall–Kier alpha value is -1.55. The highest BCUT2D eigenvalue weighted by atomic mass is 16.6. The van der Waals surface area contributed by atoms with Gasteiger partial charge in [0.15, 0.2) is 0 Å². The second-order valence-corrected chi connectivity index (χ2v) is 10.1. The summed E-state index contributed by atoms with van der Waals surface area (Å²) in [7, 11) is 2.35. The summed E-state index contributed by atoms with van der Waals surface area (Å²) < 4.78 is 6.60. The van der Waals surface area contributed by atoms with E-state index in [1.54, 1.807) is 0 Å². The van der Waals surface area contributed by atoms with Crippen LogP contribution in [0.4, 0.5) is 4.79 Å². The zero-order chi connectivity index (χ0) is 22.9. The lowest BCUT2D eigenvalue weighted by Gasteiger charge is -2.41. The number of carbonyl (C=O) groups excluding carboxylic acids is 1. The van der Waals surface area contributed by atoms with Crippen LogP contribution in [0.15, 0.2) is 30.3 Å². The molecule has 1 fully saturated rings. The number of piperazine rings is 1. The molecule has 1 aromatic rings. The minimum Gasteiger partial charge on any atom is -0.445 e. The summed E-state index contributed by atoms with van der Waals surface area (Å²) in [6.45, 7) is 7.59. The Morgan fingerprint density at radius 2 is 1.31 bits per heavy atom. The molecule has 0 spiro atoms. The molecule has 1 aliphatic heterocycles. The molecule has 4 heteroatoms. The summed E-state index contributed by atoms with van der Waals surface area (Å²) in [6.07, 6.45) is 18.1. The van der Waals surface area contributed by atoms with Crippen molar-refractivity contribution < 1.29 is 14.0 Å². The maximum absolute atomic E-state index is 12.4. The monoisotopic (exact) mass is 445 g/mol. The van der Waals surface area contributed by atoms with Crippen molar-refractivity contribution in [2.45, 2.75) is 97.0 Å². The van der Waals surface area contributed by atoms with Gasteiger partial charge in [-0.15, -0.1) is 0 Å². The Kier molecular flexibility index (Phi) is 13.5. The van der Waals surface area contributed by atoms with Gasteiger partial charge in [0.1, 0.15) is 6.61 Å². The molecule has 4 nitrogen and oxygen atoms in total. The summed E-state index contributed by atoms with van der Waals surface area (Å²) in [6, 6.07) is 9.92. The Balaban J connectivity index is 1.44. The van der Waals surface area contributed by atoms with Gasteiger partial charge >= 0.3 is 6.09 Å². The number of likely N-dealkylation sites (N-methyl/N-ethyl adjacent to an activating group) is 1. The zero-order valence-electron chi connectivity index (χ0n) is 21.0. The maximum atomic E-state index is 12.4. The second-order valence-electron chi connectivity index (χ2n) is 10.1. The average Bonchev–Trinajstić information content (AvgIpc) is 2.81. The lowest BCUT2D eigenvalue weighted by Crippen LogP contribution is -2.58. The summed E-state index contributed by atoms with van der Waals surface area (Å²) in [5.41, 5.74) is 1.04. The molecule has 0 aromatic heterocycles. The van der Waals surface area contributed by atoms with E-state index in [1.807, 2.05) is 35.2 Å². The molecular formula is C28H49N2O2+. The van der Waals surface area contributed by atoms with Gasteiger partial charge in [-0.3, -0.25) is 4.90 Å². The molecule has 1 aliphatic rings. The van der Waals surface area contributed by atoms with Crippen LogP contribution in [0.2, 0.25) is 0 Å². The van der Waals surface area contributed by atoms with Crippen molar-refractivity contribution in [3.63, 3.8) is 0 Å². The smallest absolute Gasteiger partial charge is 0.410 e. The molecule has 182 valence electrons. The van der Waals surface area contributed by atoms with Crippen LogP contribution in [-0.4, -0.2) is 55.2 Å². The molecule has 1 heterocycles. The van der Waals surface area contributed by atoms with Crippen molar-refractivity contribution in [2.75, 3.05) is 39.8 Å². The first-order valence-electron chi connectivity index (χ1n) is 13.4. The maximum Gasteiger partial charge on any atom is 0.410 e. The van der Waals surface area contributed by atoms with Crippen molar-refractivity contribution in [3.8, 4) is 0 Å². The molecule has 1 saturated heterocycles. The van der Waals surface area contributed by atoms with E-state index in [0.717, 1.165) is 36.2 Å². The molecule has 0 N–H and O–H groups in total. The highest BCUT2D eigenvalue weighted by molar-refractivity contribution is 5.67. The van der Waals surface area contributed by atoms with Gasteiger partial charge in [0, 0.05) is 0 Å². The van der Waals surface area contributed by atoms with E-state index < -0.39 is 0 Å². The van der Waals surface area contributed by atoms with Crippen LogP contribution in [0.25, 0.3) is 0 Å². The minimum absolute atomic E-state index is 0.166. The largest absolute Gasteiger partial charge is 0.445 e. The van der Waals surface area contributed by atoms with Crippen LogP contribution in [-0.2, 0) is 11.3 Å². The minimum atomic E-state index is -0.166. The lowest BCUT2D eigenvalue weighted by molar-refractivity contribution is -0.913. The fraction of sp³-hybridized carbons (Fsp3) is 0.750. The third-order valence-electron chi connectivity index (χ3n) is 7.08. The van der Waals surface area contributed by atoms with Crippen LogP contribution in [0.5, 0.6) is 0 Å². The van der Waals surface area contributed by atoms with E-state index in [2.05, 4.69) is 14.0 Å². The van der Waals surface area contributed by atoms with Gasteiger partial charge in [-0.1, -0.05) is 108 Å². The number of unbranched alkanes of at least 4 members (excludes halogenated alkanes) is 12. The molecule has 0 atom stereocenters. The van der Waals surface area contributed by atoms with Crippen LogP contribution in [0, 0.1) is 0 Å². The van der Waals surface area contributed by atoms with Crippen molar-refractivity contribution >= 4 is 6.09 Å². The SMILES string of the molecule is CCCCCCCCCCCCCCC[N+]1(C)CCN(C(=O)OCc2ccccc2)CC1. The molecule has 2 rings (SSSR count). The number of nitrogens with zero attached hydrogens (tertiary/aromatic N) is 2. The standard InChI is InChI=1S/C28H49N2O2/c1-3-4-5-6-7-8-9-10-11-12-13-14-18-23-30(2)24-21-29(22-25-30)28(31)32-26-27-19-16-15-17-20-27/h15-17,19-20H,3-14,18,21-26H2,1-2H3/q+1. The molecule has 0 aliphatic carbocycles. The number of hydrogen-bond donors (Lipinski definition) is 0. The van der Waals surface area contributed by atoms with E-state index in [0.29, 0.717) is 6.61 Å². The van der Waals surface area contributed by atoms with Gasteiger partial charge in [-0.25, -0.2) is 4.79 Å². The molecule has 0 saturated carbocycles. The molecule has 0 radical (unpaired) electrons. The Bertz CT molecular complexity index is 597. The number of rotatable bonds is 16. The predicted molar refractivity (Wildman–Crippen MR) is 135 cm³/mol. The topological polar surface area (TPSA) is 29.5 Å². The van der Waals surface area contributed by atoms with Crippen molar-refractivity contribution in [1.82, 2.24) is 4.90 Å². The summed E-state index contributed by atoms with van der Waals surface area (Å²) >= 11 is 0. The van der Waals surface area contributed by atoms with Gasteiger partial charge in [0.25, 0.3) is 0 Å². The first-order valence-corrected chi connectivity index (χ1v) is 13.4. The molecule has 1 amide bonds. The number of benzene rings is 1. The Morgan fingerprint density at radius 1 is 0.812 bits per heavy atom. The third kappa shape index (κ3) is 11.4. The van der Waals surface area contributed by atoms with Gasteiger partial charge in [-0.2, -0.15) is 0 Å². The fourth-order valence-electron chi connectivity index (χ4n) is 4.68. The first-order chi connectivity index (χ1) is 15.6. The number of quaternary nitrogens is 1. The zero-order valence-corrected chi connectivity index (χ0v) is 21.0. The van der Waals surface area contributed by atoms with Gasteiger partial charge < -0.3 is 9.22 Å². The molecular weight excluding hydrogens is 396 g/mol. The molecule has 0 unspecified atom stereocenters. The molecule has 32 heavy (non-hydrogen) atoms. The van der Waals surface area contributed by atoms with E-state index in [1.165, 1.54) is 90.0 Å². The van der Waals surface area contributed by atoms with Crippen LogP contribution in [0.1, 0.15) is 96.0 Å². The number of ether oxygens (including phenoxy) is 1. The number of carbonyl (C=O) groups is 1. The highest BCUT2D eigenvalue weighted by Gasteiger charge is 2.31. The number of hydrogen-bond acceptors (Lipinski definition) is 2. The average molecular weight is 446 g/mol. The fourth-order valence-corrected chi connectivity index (χ4v) is 4.68. The predicted octanol–water partition coefficient (Wildman–Crippen LogP) is 7.18. The lowest BCUT2D eigenvalue weighted by atomic mass is 10.0. The van der Waals surface area contributed by atoms with Crippen molar-refractivity contribution in [1.29, 1.82) is 0 Å². The third-order valence-corrected chi connectivity index (χ3v) is 7.08. The second kappa shape index (κ2) is 16.1. The van der Waals surface area contributed by atoms with E-state index in [4.69, 9.17) is 4.74 Å². The number of amides is 1. The summed E-state index contributed by atoms with van der Waals surface area (Å²) in [5.74, 6) is 0. The molecule has 1 aromatic carbocycles.